The summed E-state index contributed by atoms with van der Waals surface area (Å²) in [6.07, 6.45) is 1.78. The molecule has 6 heteroatoms. The summed E-state index contributed by atoms with van der Waals surface area (Å²) in [4.78, 5) is 12.3. The van der Waals surface area contributed by atoms with Crippen LogP contribution in [-0.4, -0.2) is 33.4 Å². The second kappa shape index (κ2) is 7.08. The highest BCUT2D eigenvalue weighted by Crippen LogP contribution is 2.22. The maximum Gasteiger partial charge on any atom is 0.191 e. The summed E-state index contributed by atoms with van der Waals surface area (Å²) in [6.45, 7) is 6.22. The Kier molecular flexibility index (Phi) is 5.16. The van der Waals surface area contributed by atoms with Crippen molar-refractivity contribution >= 4 is 17.5 Å². The quantitative estimate of drug-likeness (QED) is 0.447. The van der Waals surface area contributed by atoms with Gasteiger partial charge in [0.1, 0.15) is 11.6 Å². The first-order chi connectivity index (χ1) is 10.2. The number of aromatic nitrogens is 3. The second-order valence-corrected chi connectivity index (χ2v) is 5.28. The monoisotopic (exact) mass is 303 g/mol. The number of benzene rings is 1. The first-order valence-electron chi connectivity index (χ1n) is 6.47. The Balaban J connectivity index is 2.09. The summed E-state index contributed by atoms with van der Waals surface area (Å²) in [6, 6.07) is 7.21. The summed E-state index contributed by atoms with van der Waals surface area (Å²) in [7, 11) is 1.56. The van der Waals surface area contributed by atoms with Crippen molar-refractivity contribution in [2.75, 3.05) is 12.9 Å². The molecule has 5 nitrogen and oxygen atoms in total. The molecule has 1 aromatic carbocycles. The minimum atomic E-state index is 0.00301. The Morgan fingerprint density at radius 1 is 1.43 bits per heavy atom. The number of nitrogens with zero attached hydrogens (tertiary/aromatic N) is 3. The molecular weight excluding hydrogens is 286 g/mol. The van der Waals surface area contributed by atoms with Crippen LogP contribution in [0.2, 0.25) is 0 Å². The van der Waals surface area contributed by atoms with E-state index in [1.807, 2.05) is 23.6 Å². The van der Waals surface area contributed by atoms with Crippen molar-refractivity contribution in [2.45, 2.75) is 18.6 Å². The molecular formula is C15H17N3O2S. The van der Waals surface area contributed by atoms with E-state index >= 15 is 0 Å². The number of hydrogen-bond acceptors (Lipinski definition) is 5. The summed E-state index contributed by atoms with van der Waals surface area (Å²) in [5, 5.41) is 8.83. The molecule has 0 aliphatic carbocycles. The van der Waals surface area contributed by atoms with Gasteiger partial charge in [-0.05, 0) is 19.1 Å². The van der Waals surface area contributed by atoms with Crippen LogP contribution in [0.25, 0.3) is 0 Å². The SMILES string of the molecule is C=CCn1c(C)nnc1SCC(=O)c1ccccc1OC. The minimum Gasteiger partial charge on any atom is -0.496 e. The molecule has 0 aliphatic heterocycles. The number of Topliss-reactive ketones (excluding diaryl/α,β-unsaturated/α-hetero) is 1. The maximum atomic E-state index is 12.3. The number of methoxy groups -OCH3 is 1. The molecule has 110 valence electrons. The Bertz CT molecular complexity index is 652. The van der Waals surface area contributed by atoms with Gasteiger partial charge in [0.15, 0.2) is 10.9 Å². The van der Waals surface area contributed by atoms with E-state index in [2.05, 4.69) is 16.8 Å². The number of aryl methyl sites for hydroxylation is 1. The average Bonchev–Trinajstić information content (AvgIpc) is 2.86. The number of hydrogen-bond donors (Lipinski definition) is 0. The van der Waals surface area contributed by atoms with E-state index in [4.69, 9.17) is 4.74 Å². The fraction of sp³-hybridized carbons (Fsp3) is 0.267. The predicted octanol–water partition coefficient (Wildman–Crippen LogP) is 2.76. The number of carbonyl (C=O) groups excluding carboxylic acids is 1. The first kappa shape index (κ1) is 15.3. The highest BCUT2D eigenvalue weighted by atomic mass is 32.2. The first-order valence-corrected chi connectivity index (χ1v) is 7.45. The molecule has 0 atom stereocenters. The van der Waals surface area contributed by atoms with Crippen molar-refractivity contribution in [3.05, 3.63) is 48.3 Å². The topological polar surface area (TPSA) is 57.0 Å². The van der Waals surface area contributed by atoms with E-state index in [-0.39, 0.29) is 11.5 Å². The molecule has 2 rings (SSSR count). The molecule has 0 aliphatic rings. The lowest BCUT2D eigenvalue weighted by molar-refractivity contribution is 0.101. The molecule has 0 fully saturated rings. The van der Waals surface area contributed by atoms with Gasteiger partial charge < -0.3 is 9.30 Å². The minimum absolute atomic E-state index is 0.00301. The molecule has 0 saturated carbocycles. The van der Waals surface area contributed by atoms with Crippen LogP contribution in [0.1, 0.15) is 16.2 Å². The van der Waals surface area contributed by atoms with E-state index < -0.39 is 0 Å². The van der Waals surface area contributed by atoms with Crippen LogP contribution in [0.15, 0.2) is 42.1 Å². The maximum absolute atomic E-state index is 12.3. The molecule has 0 radical (unpaired) electrons. The van der Waals surface area contributed by atoms with Crippen LogP contribution in [0.3, 0.4) is 0 Å². The predicted molar refractivity (Wildman–Crippen MR) is 83.0 cm³/mol. The molecule has 0 bridgehead atoms. The van der Waals surface area contributed by atoms with Crippen molar-refractivity contribution in [3.8, 4) is 5.75 Å². The van der Waals surface area contributed by atoms with Gasteiger partial charge in [-0.15, -0.1) is 16.8 Å². The number of rotatable bonds is 7. The van der Waals surface area contributed by atoms with Crippen molar-refractivity contribution < 1.29 is 9.53 Å². The molecule has 0 amide bonds. The molecule has 0 saturated heterocycles. The van der Waals surface area contributed by atoms with E-state index in [0.717, 1.165) is 11.0 Å². The third-order valence-corrected chi connectivity index (χ3v) is 3.92. The van der Waals surface area contributed by atoms with Crippen LogP contribution in [-0.2, 0) is 6.54 Å². The van der Waals surface area contributed by atoms with Gasteiger partial charge in [0.25, 0.3) is 0 Å². The van der Waals surface area contributed by atoms with Crippen LogP contribution in [0, 0.1) is 6.92 Å². The number of carbonyl (C=O) groups is 1. The Labute approximate surface area is 128 Å². The third-order valence-electron chi connectivity index (χ3n) is 2.95. The van der Waals surface area contributed by atoms with E-state index in [0.29, 0.717) is 17.9 Å². The van der Waals surface area contributed by atoms with E-state index in [1.54, 1.807) is 25.3 Å². The van der Waals surface area contributed by atoms with Gasteiger partial charge in [-0.1, -0.05) is 30.0 Å². The van der Waals surface area contributed by atoms with Gasteiger partial charge in [0.2, 0.25) is 0 Å². The lowest BCUT2D eigenvalue weighted by Crippen LogP contribution is -2.07. The number of allylic oxidation sites excluding steroid dienone is 1. The molecule has 2 aromatic rings. The molecule has 0 unspecified atom stereocenters. The average molecular weight is 303 g/mol. The smallest absolute Gasteiger partial charge is 0.191 e. The van der Waals surface area contributed by atoms with Crippen molar-refractivity contribution in [2.24, 2.45) is 0 Å². The third kappa shape index (κ3) is 3.52. The van der Waals surface area contributed by atoms with Gasteiger partial charge in [0.05, 0.1) is 18.4 Å². The number of ketones is 1. The summed E-state index contributed by atoms with van der Waals surface area (Å²) in [5.74, 6) is 1.69. The summed E-state index contributed by atoms with van der Waals surface area (Å²) < 4.78 is 7.13. The van der Waals surface area contributed by atoms with Gasteiger partial charge in [-0.25, -0.2) is 0 Å². The molecule has 1 heterocycles. The molecule has 0 spiro atoms. The number of thioether (sulfide) groups is 1. The number of ether oxygens (including phenoxy) is 1. The van der Waals surface area contributed by atoms with Crippen LogP contribution >= 0.6 is 11.8 Å². The van der Waals surface area contributed by atoms with E-state index in [9.17, 15) is 4.79 Å². The lowest BCUT2D eigenvalue weighted by Gasteiger charge is -2.07. The highest BCUT2D eigenvalue weighted by molar-refractivity contribution is 7.99. The van der Waals surface area contributed by atoms with Crippen molar-refractivity contribution in [3.63, 3.8) is 0 Å². The van der Waals surface area contributed by atoms with Gasteiger partial charge in [-0.3, -0.25) is 4.79 Å². The van der Waals surface area contributed by atoms with Gasteiger partial charge in [-0.2, -0.15) is 0 Å². The summed E-state index contributed by atoms with van der Waals surface area (Å²) in [5.41, 5.74) is 0.582. The normalized spacial score (nSPS) is 10.4. The Hall–Kier alpha value is -2.08. The van der Waals surface area contributed by atoms with Crippen LogP contribution in [0.4, 0.5) is 0 Å². The summed E-state index contributed by atoms with van der Waals surface area (Å²) >= 11 is 1.37. The Morgan fingerprint density at radius 2 is 2.19 bits per heavy atom. The highest BCUT2D eigenvalue weighted by Gasteiger charge is 2.15. The number of para-hydroxylation sites is 1. The standard InChI is InChI=1S/C15H17N3O2S/c1-4-9-18-11(2)16-17-15(18)21-10-13(19)12-7-5-6-8-14(12)20-3/h4-8H,1,9-10H2,2-3H3. The molecule has 0 N–H and O–H groups in total. The zero-order valence-electron chi connectivity index (χ0n) is 12.1. The van der Waals surface area contributed by atoms with Crippen molar-refractivity contribution in [1.29, 1.82) is 0 Å². The van der Waals surface area contributed by atoms with Crippen molar-refractivity contribution in [1.82, 2.24) is 14.8 Å². The lowest BCUT2D eigenvalue weighted by atomic mass is 10.1. The van der Waals surface area contributed by atoms with Gasteiger partial charge in [0, 0.05) is 6.54 Å². The largest absolute Gasteiger partial charge is 0.496 e. The Morgan fingerprint density at radius 3 is 2.90 bits per heavy atom. The van der Waals surface area contributed by atoms with Crippen LogP contribution < -0.4 is 4.74 Å². The molecule has 1 aromatic heterocycles. The molecule has 21 heavy (non-hydrogen) atoms. The van der Waals surface area contributed by atoms with E-state index in [1.165, 1.54) is 11.8 Å². The second-order valence-electron chi connectivity index (χ2n) is 4.34. The fourth-order valence-corrected chi connectivity index (χ4v) is 2.77. The van der Waals surface area contributed by atoms with Gasteiger partial charge >= 0.3 is 0 Å². The van der Waals surface area contributed by atoms with Crippen LogP contribution in [0.5, 0.6) is 5.75 Å². The zero-order valence-corrected chi connectivity index (χ0v) is 12.9. The fourth-order valence-electron chi connectivity index (χ4n) is 1.89. The zero-order chi connectivity index (χ0) is 15.2.